The van der Waals surface area contributed by atoms with E-state index in [1.54, 1.807) is 18.2 Å². The molecule has 5 heteroatoms. The highest BCUT2D eigenvalue weighted by Crippen LogP contribution is 2.11. The van der Waals surface area contributed by atoms with Gasteiger partial charge in [-0.25, -0.2) is 4.39 Å². The van der Waals surface area contributed by atoms with E-state index in [9.17, 15) is 8.60 Å². The van der Waals surface area contributed by atoms with Gasteiger partial charge in [-0.05, 0) is 24.6 Å². The summed E-state index contributed by atoms with van der Waals surface area (Å²) in [6, 6.07) is 7.88. The molecule has 1 unspecified atom stereocenters. The second-order valence-corrected chi connectivity index (χ2v) is 5.25. The van der Waals surface area contributed by atoms with Gasteiger partial charge in [0.15, 0.2) is 0 Å². The van der Waals surface area contributed by atoms with Gasteiger partial charge in [0.1, 0.15) is 11.6 Å². The van der Waals surface area contributed by atoms with Crippen LogP contribution < -0.4 is 0 Å². The number of hydrogen-bond donors (Lipinski definition) is 0. The third kappa shape index (κ3) is 3.49. The fourth-order valence-corrected chi connectivity index (χ4v) is 2.61. The molecule has 0 spiro atoms. The van der Waals surface area contributed by atoms with Crippen LogP contribution in [0.3, 0.4) is 0 Å². The van der Waals surface area contributed by atoms with Crippen molar-refractivity contribution in [3.8, 4) is 0 Å². The summed E-state index contributed by atoms with van der Waals surface area (Å²) in [6.07, 6.45) is 0. The van der Waals surface area contributed by atoms with E-state index < -0.39 is 10.8 Å². The fraction of sp³-hybridized carbons (Fsp3) is 0.250. The van der Waals surface area contributed by atoms with E-state index in [4.69, 9.17) is 4.52 Å². The third-order valence-corrected chi connectivity index (χ3v) is 3.46. The molecule has 0 N–H and O–H groups in total. The quantitative estimate of drug-likeness (QED) is 0.841. The average Bonchev–Trinajstić information content (AvgIpc) is 2.63. The smallest absolute Gasteiger partial charge is 0.149 e. The fourth-order valence-electron chi connectivity index (χ4n) is 1.51. The number of aryl methyl sites for hydroxylation is 1. The van der Waals surface area contributed by atoms with Crippen LogP contribution in [0.2, 0.25) is 0 Å². The van der Waals surface area contributed by atoms with Crippen LogP contribution in [0.5, 0.6) is 0 Å². The average molecular weight is 253 g/mol. The molecule has 1 atom stereocenters. The van der Waals surface area contributed by atoms with Crippen LogP contribution in [0.1, 0.15) is 17.0 Å². The predicted molar refractivity (Wildman–Crippen MR) is 63.2 cm³/mol. The minimum Gasteiger partial charge on any atom is -0.360 e. The second-order valence-electron chi connectivity index (χ2n) is 3.79. The number of benzene rings is 1. The first-order valence-corrected chi connectivity index (χ1v) is 6.64. The number of halogens is 1. The Hall–Kier alpha value is -1.49. The highest BCUT2D eigenvalue weighted by molar-refractivity contribution is 7.83. The zero-order chi connectivity index (χ0) is 12.3. The SMILES string of the molecule is Cc1cc(CS(=O)Cc2cccc(F)c2)on1. The molecule has 0 aliphatic heterocycles. The van der Waals surface area contributed by atoms with Crippen molar-refractivity contribution in [2.45, 2.75) is 18.4 Å². The Bertz CT molecular complexity index is 539. The summed E-state index contributed by atoms with van der Waals surface area (Å²) < 4.78 is 29.7. The zero-order valence-corrected chi connectivity index (χ0v) is 10.2. The minimum absolute atomic E-state index is 0.303. The van der Waals surface area contributed by atoms with Gasteiger partial charge in [-0.1, -0.05) is 17.3 Å². The first kappa shape index (κ1) is 12.0. The van der Waals surface area contributed by atoms with Crippen molar-refractivity contribution in [1.29, 1.82) is 0 Å². The summed E-state index contributed by atoms with van der Waals surface area (Å²) in [7, 11) is -1.12. The van der Waals surface area contributed by atoms with Crippen molar-refractivity contribution < 1.29 is 13.1 Å². The molecule has 2 rings (SSSR count). The van der Waals surface area contributed by atoms with Crippen LogP contribution in [0.15, 0.2) is 34.9 Å². The molecule has 1 aromatic heterocycles. The molecule has 17 heavy (non-hydrogen) atoms. The van der Waals surface area contributed by atoms with E-state index in [2.05, 4.69) is 5.16 Å². The Morgan fingerprint density at radius 2 is 2.18 bits per heavy atom. The molecule has 1 heterocycles. The molecule has 1 aromatic carbocycles. The molecule has 0 saturated heterocycles. The number of rotatable bonds is 4. The lowest BCUT2D eigenvalue weighted by Gasteiger charge is -2.00. The van der Waals surface area contributed by atoms with Crippen LogP contribution in [0, 0.1) is 12.7 Å². The Balaban J connectivity index is 1.98. The normalized spacial score (nSPS) is 12.6. The maximum absolute atomic E-state index is 12.9. The van der Waals surface area contributed by atoms with Crippen LogP contribution in [0.4, 0.5) is 4.39 Å². The van der Waals surface area contributed by atoms with Crippen molar-refractivity contribution in [3.63, 3.8) is 0 Å². The third-order valence-electron chi connectivity index (χ3n) is 2.20. The first-order valence-electron chi connectivity index (χ1n) is 5.15. The Morgan fingerprint density at radius 1 is 1.35 bits per heavy atom. The lowest BCUT2D eigenvalue weighted by molar-refractivity contribution is 0.390. The van der Waals surface area contributed by atoms with Crippen LogP contribution >= 0.6 is 0 Å². The number of nitrogens with zero attached hydrogens (tertiary/aromatic N) is 1. The highest BCUT2D eigenvalue weighted by Gasteiger charge is 2.08. The summed E-state index contributed by atoms with van der Waals surface area (Å²) in [5.41, 5.74) is 1.49. The number of hydrogen-bond acceptors (Lipinski definition) is 3. The van der Waals surface area contributed by atoms with E-state index in [1.165, 1.54) is 12.1 Å². The van der Waals surface area contributed by atoms with Crippen LogP contribution in [0.25, 0.3) is 0 Å². The van der Waals surface area contributed by atoms with Crippen molar-refractivity contribution in [2.24, 2.45) is 0 Å². The van der Waals surface area contributed by atoms with Gasteiger partial charge in [-0.15, -0.1) is 0 Å². The summed E-state index contributed by atoms with van der Waals surface area (Å²) in [5, 5.41) is 3.72. The summed E-state index contributed by atoms with van der Waals surface area (Å²) in [5.74, 6) is 0.904. The molecule has 0 bridgehead atoms. The van der Waals surface area contributed by atoms with Crippen LogP contribution in [-0.2, 0) is 22.3 Å². The Labute approximate surface area is 101 Å². The van der Waals surface area contributed by atoms with Gasteiger partial charge in [0.25, 0.3) is 0 Å². The second kappa shape index (κ2) is 5.23. The maximum Gasteiger partial charge on any atom is 0.149 e. The monoisotopic (exact) mass is 253 g/mol. The van der Waals surface area contributed by atoms with Gasteiger partial charge >= 0.3 is 0 Å². The van der Waals surface area contributed by atoms with Gasteiger partial charge in [0, 0.05) is 22.6 Å². The van der Waals surface area contributed by atoms with Crippen LogP contribution in [-0.4, -0.2) is 9.37 Å². The van der Waals surface area contributed by atoms with E-state index >= 15 is 0 Å². The van der Waals surface area contributed by atoms with Gasteiger partial charge in [0.2, 0.25) is 0 Å². The van der Waals surface area contributed by atoms with E-state index in [0.717, 1.165) is 11.3 Å². The Kier molecular flexibility index (Phi) is 3.68. The van der Waals surface area contributed by atoms with Crippen molar-refractivity contribution >= 4 is 10.8 Å². The van der Waals surface area contributed by atoms with Gasteiger partial charge in [-0.2, -0.15) is 0 Å². The summed E-state index contributed by atoms with van der Waals surface area (Å²) in [4.78, 5) is 0. The summed E-state index contributed by atoms with van der Waals surface area (Å²) in [6.45, 7) is 1.81. The van der Waals surface area contributed by atoms with Gasteiger partial charge in [-0.3, -0.25) is 4.21 Å². The van der Waals surface area contributed by atoms with Gasteiger partial charge in [0.05, 0.1) is 11.4 Å². The van der Waals surface area contributed by atoms with E-state index in [1.807, 2.05) is 6.92 Å². The highest BCUT2D eigenvalue weighted by atomic mass is 32.2. The molecule has 90 valence electrons. The molecule has 0 fully saturated rings. The standard InChI is InChI=1S/C12H12FNO2S/c1-9-5-12(16-14-9)8-17(15)7-10-3-2-4-11(13)6-10/h2-6H,7-8H2,1H3. The molecule has 3 nitrogen and oxygen atoms in total. The Morgan fingerprint density at radius 3 is 2.82 bits per heavy atom. The molecule has 2 aromatic rings. The largest absolute Gasteiger partial charge is 0.360 e. The topological polar surface area (TPSA) is 43.1 Å². The molecule has 0 saturated carbocycles. The molecular formula is C12H12FNO2S. The van der Waals surface area contributed by atoms with Crippen molar-refractivity contribution in [3.05, 3.63) is 53.2 Å². The van der Waals surface area contributed by atoms with E-state index in [-0.39, 0.29) is 5.82 Å². The maximum atomic E-state index is 12.9. The van der Waals surface area contributed by atoms with E-state index in [0.29, 0.717) is 17.3 Å². The lowest BCUT2D eigenvalue weighted by Crippen LogP contribution is -1.99. The minimum atomic E-state index is -1.12. The van der Waals surface area contributed by atoms with Gasteiger partial charge < -0.3 is 4.52 Å². The number of aromatic nitrogens is 1. The predicted octanol–water partition coefficient (Wildman–Crippen LogP) is 2.57. The summed E-state index contributed by atoms with van der Waals surface area (Å²) >= 11 is 0. The van der Waals surface area contributed by atoms with Crippen molar-refractivity contribution in [2.75, 3.05) is 0 Å². The molecule has 0 aliphatic rings. The molecule has 0 radical (unpaired) electrons. The molecule has 0 amide bonds. The molecule has 0 aliphatic carbocycles. The first-order chi connectivity index (χ1) is 8.13. The lowest BCUT2D eigenvalue weighted by atomic mass is 10.2. The van der Waals surface area contributed by atoms with Crippen molar-refractivity contribution in [1.82, 2.24) is 5.16 Å². The molecular weight excluding hydrogens is 241 g/mol. The zero-order valence-electron chi connectivity index (χ0n) is 9.35.